The lowest BCUT2D eigenvalue weighted by Crippen LogP contribution is -2.44. The molecule has 1 amide bonds. The topological polar surface area (TPSA) is 130 Å². The van der Waals surface area contributed by atoms with E-state index in [1.807, 2.05) is 6.07 Å². The Balaban J connectivity index is 1.70. The molecule has 3 aromatic carbocycles. The maximum atomic E-state index is 12.6. The van der Waals surface area contributed by atoms with E-state index in [9.17, 15) is 23.3 Å². The first kappa shape index (κ1) is 23.4. The van der Waals surface area contributed by atoms with Gasteiger partial charge < -0.3 is 0 Å². The fourth-order valence-electron chi connectivity index (χ4n) is 2.79. The molecule has 32 heavy (non-hydrogen) atoms. The lowest BCUT2D eigenvalue weighted by Gasteiger charge is -2.20. The fourth-order valence-corrected chi connectivity index (χ4v) is 3.96. The average Bonchev–Trinajstić information content (AvgIpc) is 2.80. The molecule has 11 heteroatoms. The third-order valence-electron chi connectivity index (χ3n) is 4.50. The largest absolute Gasteiger partial charge is 0.287 e. The standard InChI is InChI=1S/C21H19ClN4O5S/c22-17-8-12-19(13-9-17)32(30,31)23-14-20(15-4-2-1-3-5-15)24-25-21(27)16-6-10-18(11-7-16)26(28)29/h1-13,20,23-24H,14H2,(H,25,27). The van der Waals surface area contributed by atoms with E-state index in [2.05, 4.69) is 15.6 Å². The maximum absolute atomic E-state index is 12.6. The molecule has 0 spiro atoms. The summed E-state index contributed by atoms with van der Waals surface area (Å²) < 4.78 is 27.7. The second kappa shape index (κ2) is 10.3. The van der Waals surface area contributed by atoms with Crippen LogP contribution in [0.15, 0.2) is 83.8 Å². The van der Waals surface area contributed by atoms with Crippen molar-refractivity contribution >= 4 is 33.2 Å². The van der Waals surface area contributed by atoms with E-state index in [0.29, 0.717) is 5.02 Å². The van der Waals surface area contributed by atoms with Crippen molar-refractivity contribution in [3.8, 4) is 0 Å². The number of amides is 1. The monoisotopic (exact) mass is 474 g/mol. The van der Waals surface area contributed by atoms with Crippen LogP contribution in [0.25, 0.3) is 0 Å². The molecule has 0 aliphatic carbocycles. The zero-order valence-electron chi connectivity index (χ0n) is 16.6. The van der Waals surface area contributed by atoms with Crippen LogP contribution < -0.4 is 15.6 Å². The van der Waals surface area contributed by atoms with E-state index >= 15 is 0 Å². The number of halogens is 1. The molecular weight excluding hydrogens is 456 g/mol. The number of sulfonamides is 1. The molecule has 0 aliphatic heterocycles. The molecule has 0 fully saturated rings. The molecule has 0 aromatic heterocycles. The van der Waals surface area contributed by atoms with Gasteiger partial charge in [-0.15, -0.1) is 0 Å². The Hall–Kier alpha value is -3.31. The van der Waals surface area contributed by atoms with Crippen LogP contribution in [-0.4, -0.2) is 25.8 Å². The van der Waals surface area contributed by atoms with E-state index in [1.54, 1.807) is 24.3 Å². The molecule has 1 atom stereocenters. The Labute approximate surface area is 189 Å². The minimum Gasteiger partial charge on any atom is -0.287 e. The second-order valence-corrected chi connectivity index (χ2v) is 8.87. The van der Waals surface area contributed by atoms with E-state index in [-0.39, 0.29) is 22.7 Å². The van der Waals surface area contributed by atoms with Gasteiger partial charge >= 0.3 is 0 Å². The van der Waals surface area contributed by atoms with Crippen molar-refractivity contribution in [2.75, 3.05) is 6.54 Å². The number of non-ortho nitro benzene ring substituents is 1. The summed E-state index contributed by atoms with van der Waals surface area (Å²) in [6, 6.07) is 19.2. The summed E-state index contributed by atoms with van der Waals surface area (Å²) in [5.41, 5.74) is 6.15. The van der Waals surface area contributed by atoms with Crippen molar-refractivity contribution in [3.05, 3.63) is 105 Å². The van der Waals surface area contributed by atoms with Gasteiger partial charge in [-0.1, -0.05) is 41.9 Å². The van der Waals surface area contributed by atoms with Crippen LogP contribution in [0.4, 0.5) is 5.69 Å². The normalized spacial score (nSPS) is 12.2. The first-order chi connectivity index (χ1) is 15.3. The van der Waals surface area contributed by atoms with Gasteiger partial charge in [0.1, 0.15) is 0 Å². The lowest BCUT2D eigenvalue weighted by molar-refractivity contribution is -0.384. The van der Waals surface area contributed by atoms with Crippen molar-refractivity contribution in [1.29, 1.82) is 0 Å². The van der Waals surface area contributed by atoms with Gasteiger partial charge in [0.05, 0.1) is 15.9 Å². The number of benzene rings is 3. The Morgan fingerprint density at radius 1 is 0.969 bits per heavy atom. The van der Waals surface area contributed by atoms with Gasteiger partial charge in [0.15, 0.2) is 0 Å². The number of rotatable bonds is 9. The predicted octanol–water partition coefficient (Wildman–Crippen LogP) is 3.20. The summed E-state index contributed by atoms with van der Waals surface area (Å²) in [5, 5.41) is 11.2. The van der Waals surface area contributed by atoms with Crippen LogP contribution in [0.2, 0.25) is 5.02 Å². The Morgan fingerprint density at radius 2 is 1.59 bits per heavy atom. The van der Waals surface area contributed by atoms with E-state index in [4.69, 9.17) is 11.6 Å². The minimum absolute atomic E-state index is 0.0589. The number of nitrogens with one attached hydrogen (secondary N) is 3. The molecule has 0 bridgehead atoms. The Morgan fingerprint density at radius 3 is 2.19 bits per heavy atom. The molecule has 166 valence electrons. The van der Waals surface area contributed by atoms with Gasteiger partial charge in [0.25, 0.3) is 11.6 Å². The van der Waals surface area contributed by atoms with Gasteiger partial charge in [-0.3, -0.25) is 20.3 Å². The van der Waals surface area contributed by atoms with E-state index in [0.717, 1.165) is 5.56 Å². The fraction of sp³-hybridized carbons (Fsp3) is 0.0952. The third kappa shape index (κ3) is 6.11. The summed E-state index contributed by atoms with van der Waals surface area (Å²) >= 11 is 5.82. The molecule has 3 N–H and O–H groups in total. The van der Waals surface area contributed by atoms with Crippen LogP contribution >= 0.6 is 11.6 Å². The van der Waals surface area contributed by atoms with Crippen molar-refractivity contribution in [2.24, 2.45) is 0 Å². The number of carbonyl (C=O) groups is 1. The highest BCUT2D eigenvalue weighted by Gasteiger charge is 2.19. The molecule has 3 aromatic rings. The van der Waals surface area contributed by atoms with Crippen molar-refractivity contribution in [2.45, 2.75) is 10.9 Å². The van der Waals surface area contributed by atoms with Crippen LogP contribution in [0.1, 0.15) is 22.0 Å². The molecule has 9 nitrogen and oxygen atoms in total. The molecular formula is C21H19ClN4O5S. The number of hydrogen-bond donors (Lipinski definition) is 3. The molecule has 1 unspecified atom stereocenters. The van der Waals surface area contributed by atoms with Gasteiger partial charge in [0, 0.05) is 29.3 Å². The summed E-state index contributed by atoms with van der Waals surface area (Å²) in [4.78, 5) is 22.7. The molecule has 0 aliphatic rings. The second-order valence-electron chi connectivity index (χ2n) is 6.67. The highest BCUT2D eigenvalue weighted by atomic mass is 35.5. The van der Waals surface area contributed by atoms with Gasteiger partial charge in [-0.25, -0.2) is 18.6 Å². The smallest absolute Gasteiger partial charge is 0.269 e. The van der Waals surface area contributed by atoms with Crippen LogP contribution in [0.3, 0.4) is 0 Å². The first-order valence-corrected chi connectivity index (χ1v) is 11.2. The van der Waals surface area contributed by atoms with Crippen molar-refractivity contribution in [3.63, 3.8) is 0 Å². The predicted molar refractivity (Wildman–Crippen MR) is 120 cm³/mol. The number of hydrazine groups is 1. The summed E-state index contributed by atoms with van der Waals surface area (Å²) in [5.74, 6) is -0.526. The quantitative estimate of drug-likeness (QED) is 0.322. The SMILES string of the molecule is O=C(NNC(CNS(=O)(=O)c1ccc(Cl)cc1)c1ccccc1)c1ccc([N+](=O)[O-])cc1. The Bertz CT molecular complexity index is 1190. The molecule has 0 saturated carbocycles. The number of nitrogens with zero attached hydrogens (tertiary/aromatic N) is 1. The highest BCUT2D eigenvalue weighted by molar-refractivity contribution is 7.89. The molecule has 0 saturated heterocycles. The van der Waals surface area contributed by atoms with Gasteiger partial charge in [0.2, 0.25) is 10.0 Å². The summed E-state index contributed by atoms with van der Waals surface area (Å²) in [7, 11) is -3.81. The number of nitro groups is 1. The van der Waals surface area contributed by atoms with Crippen molar-refractivity contribution in [1.82, 2.24) is 15.6 Å². The maximum Gasteiger partial charge on any atom is 0.269 e. The summed E-state index contributed by atoms with van der Waals surface area (Å²) in [6.45, 7) is -0.0600. The lowest BCUT2D eigenvalue weighted by atomic mass is 10.1. The average molecular weight is 475 g/mol. The van der Waals surface area contributed by atoms with Gasteiger partial charge in [-0.05, 0) is 42.0 Å². The first-order valence-electron chi connectivity index (χ1n) is 9.37. The molecule has 0 heterocycles. The van der Waals surface area contributed by atoms with E-state index in [1.165, 1.54) is 48.5 Å². The van der Waals surface area contributed by atoms with Crippen LogP contribution in [0.5, 0.6) is 0 Å². The van der Waals surface area contributed by atoms with Gasteiger partial charge in [-0.2, -0.15) is 0 Å². The zero-order valence-corrected chi connectivity index (χ0v) is 18.1. The van der Waals surface area contributed by atoms with Crippen molar-refractivity contribution < 1.29 is 18.1 Å². The number of nitro benzene ring substituents is 1. The van der Waals surface area contributed by atoms with E-state index < -0.39 is 26.9 Å². The minimum atomic E-state index is -3.81. The summed E-state index contributed by atoms with van der Waals surface area (Å²) in [6.07, 6.45) is 0. The van der Waals surface area contributed by atoms with Crippen LogP contribution in [-0.2, 0) is 10.0 Å². The Kier molecular flexibility index (Phi) is 7.54. The highest BCUT2D eigenvalue weighted by Crippen LogP contribution is 2.16. The number of carbonyl (C=O) groups excluding carboxylic acids is 1. The molecule has 3 rings (SSSR count). The molecule has 0 radical (unpaired) electrons. The third-order valence-corrected chi connectivity index (χ3v) is 6.20. The number of hydrogen-bond acceptors (Lipinski definition) is 6. The zero-order chi connectivity index (χ0) is 23.1. The van der Waals surface area contributed by atoms with Crippen LogP contribution in [0, 0.1) is 10.1 Å².